The first-order valence-electron chi connectivity index (χ1n) is 15.9. The van der Waals surface area contributed by atoms with Crippen molar-refractivity contribution in [2.75, 3.05) is 7.05 Å². The Morgan fingerprint density at radius 1 is 0.755 bits per heavy atom. The molecule has 4 heterocycles. The standard InChI is InChI=1S/C38H23N4O2.C6H4N.2Pt/c1-41-21-22-42(27-41)31-12-7-17-35(25-31)44-34-16-6-10-29(24-34)38-37(30-11-8-19-39-26-30)36(18-20-40-38)28-9-5-15-33(23-28)43-32-13-3-2-4-14-32;1-2-7-5-3-4-6-7;;/h2-13,15-17,19-22,26H,1H3;3-6H;;/q-3;-1;+2;+4. The Bertz CT molecular complexity index is 2430. The van der Waals surface area contributed by atoms with Gasteiger partial charge in [0.15, 0.2) is 7.05 Å². The summed E-state index contributed by atoms with van der Waals surface area (Å²) in [5.74, 6) is 2.28. The molecular weight excluding hydrogens is 1020 g/mol. The first-order chi connectivity index (χ1) is 25.1. The second kappa shape index (κ2) is 18.6. The van der Waals surface area contributed by atoms with Gasteiger partial charge in [-0.15, -0.1) is 48.0 Å². The van der Waals surface area contributed by atoms with Crippen molar-refractivity contribution in [1.29, 1.82) is 0 Å². The zero-order valence-electron chi connectivity index (χ0n) is 28.0. The van der Waals surface area contributed by atoms with Crippen LogP contribution in [-0.4, -0.2) is 36.7 Å². The van der Waals surface area contributed by atoms with Gasteiger partial charge in [0.2, 0.25) is 6.20 Å². The van der Waals surface area contributed by atoms with E-state index in [1.807, 2.05) is 138 Å². The van der Waals surface area contributed by atoms with Gasteiger partial charge in [-0.25, -0.2) is 18.2 Å². The van der Waals surface area contributed by atoms with Crippen LogP contribution in [0.15, 0.2) is 147 Å². The van der Waals surface area contributed by atoms with Gasteiger partial charge in [0.25, 0.3) is 6.20 Å². The Kier molecular flexibility index (Phi) is 13.4. The molecule has 1 aliphatic rings. The van der Waals surface area contributed by atoms with E-state index in [1.165, 1.54) is 0 Å². The summed E-state index contributed by atoms with van der Waals surface area (Å²) in [5, 5.41) is 0. The topological polar surface area (TPSA) is 55.2 Å². The molecule has 0 fully saturated rings. The van der Waals surface area contributed by atoms with Gasteiger partial charge in [0, 0.05) is 47.8 Å². The molecule has 3 aromatic heterocycles. The second-order valence-electron chi connectivity index (χ2n) is 11.0. The summed E-state index contributed by atoms with van der Waals surface area (Å²) in [6.45, 7) is 0. The van der Waals surface area contributed by atoms with Crippen LogP contribution in [0, 0.1) is 42.8 Å². The zero-order valence-corrected chi connectivity index (χ0v) is 32.6. The zero-order chi connectivity index (χ0) is 34.8. The summed E-state index contributed by atoms with van der Waals surface area (Å²) in [4.78, 5) is 9.15. The van der Waals surface area contributed by atoms with Crippen LogP contribution in [0.4, 0.5) is 5.69 Å². The summed E-state index contributed by atoms with van der Waals surface area (Å²) in [5.41, 5.74) is 5.62. The fraction of sp³-hybridized carbons (Fsp3) is 0.0227. The van der Waals surface area contributed by atoms with E-state index < -0.39 is 0 Å². The largest absolute Gasteiger partial charge is 4.00 e. The maximum absolute atomic E-state index is 6.57. The summed E-state index contributed by atoms with van der Waals surface area (Å²) in [6.07, 6.45) is 19.1. The number of pyridine rings is 2. The molecule has 0 saturated carbocycles. The molecule has 7 aromatic rings. The smallest absolute Gasteiger partial charge is 0.669 e. The Labute approximate surface area is 337 Å². The van der Waals surface area contributed by atoms with Crippen LogP contribution in [0.3, 0.4) is 0 Å². The molecule has 8 rings (SSSR count). The van der Waals surface area contributed by atoms with E-state index in [9.17, 15) is 0 Å². The van der Waals surface area contributed by atoms with Crippen molar-refractivity contribution in [2.24, 2.45) is 0 Å². The molecule has 9 heteroatoms. The summed E-state index contributed by atoms with van der Waals surface area (Å²) < 4.78 is 17.5. The van der Waals surface area contributed by atoms with Gasteiger partial charge in [-0.1, -0.05) is 50.9 Å². The van der Waals surface area contributed by atoms with Gasteiger partial charge in [-0.2, -0.15) is 42.0 Å². The molecule has 0 saturated heterocycles. The van der Waals surface area contributed by atoms with E-state index in [0.717, 1.165) is 33.5 Å². The second-order valence-corrected chi connectivity index (χ2v) is 11.0. The molecule has 0 bridgehead atoms. The molecule has 0 aliphatic carbocycles. The van der Waals surface area contributed by atoms with Gasteiger partial charge < -0.3 is 25.4 Å². The maximum Gasteiger partial charge on any atom is 4.00 e. The van der Waals surface area contributed by atoms with E-state index in [-0.39, 0.29) is 42.1 Å². The van der Waals surface area contributed by atoms with Crippen molar-refractivity contribution in [2.45, 2.75) is 0 Å². The number of rotatable bonds is 8. The minimum atomic E-state index is 0. The number of nitrogens with zero attached hydrogens (tertiary/aromatic N) is 5. The first-order valence-corrected chi connectivity index (χ1v) is 15.9. The average molecular weight is 1050 g/mol. The summed E-state index contributed by atoms with van der Waals surface area (Å²) >= 11 is 0. The molecule has 53 heavy (non-hydrogen) atoms. The van der Waals surface area contributed by atoms with Crippen molar-refractivity contribution >= 4 is 11.7 Å². The molecule has 1 aliphatic heterocycles. The average Bonchev–Trinajstić information content (AvgIpc) is 3.88. The number of para-hydroxylation sites is 1. The monoisotopic (exact) mass is 1050 g/mol. The van der Waals surface area contributed by atoms with Crippen molar-refractivity contribution in [3.05, 3.63) is 183 Å². The van der Waals surface area contributed by atoms with E-state index >= 15 is 0 Å². The van der Waals surface area contributed by atoms with E-state index in [1.54, 1.807) is 29.4 Å². The molecular formula is C44H27N5O2Pt2+2. The van der Waals surface area contributed by atoms with Crippen LogP contribution < -0.4 is 9.47 Å². The molecule has 4 aromatic carbocycles. The number of hydrogen-bond acceptors (Lipinski definition) is 4. The number of benzene rings is 4. The van der Waals surface area contributed by atoms with Crippen molar-refractivity contribution in [1.82, 2.24) is 14.5 Å². The molecule has 0 unspecified atom stereocenters. The van der Waals surface area contributed by atoms with Crippen LogP contribution in [0.25, 0.3) is 33.5 Å². The third-order valence-corrected chi connectivity index (χ3v) is 7.47. The Balaban J connectivity index is 0.000000542. The van der Waals surface area contributed by atoms with Crippen LogP contribution in [0.1, 0.15) is 0 Å². The number of aromatic nitrogens is 3. The molecule has 0 radical (unpaired) electrons. The fourth-order valence-electron chi connectivity index (χ4n) is 5.18. The van der Waals surface area contributed by atoms with Crippen LogP contribution in [0.5, 0.6) is 23.0 Å². The predicted molar refractivity (Wildman–Crippen MR) is 193 cm³/mol. The Morgan fingerprint density at radius 2 is 1.45 bits per heavy atom. The van der Waals surface area contributed by atoms with Crippen molar-refractivity contribution < 1.29 is 60.8 Å². The molecule has 258 valence electrons. The quantitative estimate of drug-likeness (QED) is 0.0868. The van der Waals surface area contributed by atoms with Gasteiger partial charge in [0.1, 0.15) is 5.69 Å². The third-order valence-electron chi connectivity index (χ3n) is 7.47. The predicted octanol–water partition coefficient (Wildman–Crippen LogP) is 8.89. The SMILES string of the molecule is C[N+]1=C=[N+](c2[c-]c(Oc3[c-]c(-c4nc[c-]c(-c5[c-]c(Oc6[c-]cccc6)ccc5)c4-c4cccnc4)ccc3)ccc2)C=C1.[C-]#Cn1cccc1.[Pt+2].[Pt+4]. The van der Waals surface area contributed by atoms with E-state index in [0.29, 0.717) is 28.7 Å². The van der Waals surface area contributed by atoms with Crippen LogP contribution in [-0.2, 0) is 42.1 Å². The maximum atomic E-state index is 6.57. The molecule has 0 atom stereocenters. The van der Waals surface area contributed by atoms with E-state index in [2.05, 4.69) is 47.4 Å². The fourth-order valence-corrected chi connectivity index (χ4v) is 5.18. The Morgan fingerprint density at radius 3 is 2.11 bits per heavy atom. The number of ether oxygens (including phenoxy) is 2. The van der Waals surface area contributed by atoms with Gasteiger partial charge in [-0.05, 0) is 18.2 Å². The van der Waals surface area contributed by atoms with Gasteiger partial charge in [0.05, 0.1) is 0 Å². The van der Waals surface area contributed by atoms with Gasteiger partial charge in [-0.3, -0.25) is 16.1 Å². The third kappa shape index (κ3) is 9.72. The van der Waals surface area contributed by atoms with Crippen LogP contribution >= 0.6 is 0 Å². The molecule has 0 N–H and O–H groups in total. The molecule has 7 nitrogen and oxygen atoms in total. The minimum Gasteiger partial charge on any atom is -0.669 e. The Hall–Kier alpha value is -5.88. The number of hydrogen-bond donors (Lipinski definition) is 0. The van der Waals surface area contributed by atoms with Crippen molar-refractivity contribution in [3.8, 4) is 62.6 Å². The van der Waals surface area contributed by atoms with Gasteiger partial charge >= 0.3 is 48.1 Å². The normalized spacial score (nSPS) is 11.0. The van der Waals surface area contributed by atoms with E-state index in [4.69, 9.17) is 20.9 Å². The van der Waals surface area contributed by atoms with Crippen LogP contribution in [0.2, 0.25) is 0 Å². The minimum absolute atomic E-state index is 0. The van der Waals surface area contributed by atoms with Crippen molar-refractivity contribution in [3.63, 3.8) is 0 Å². The summed E-state index contributed by atoms with van der Waals surface area (Å²) in [6, 6.07) is 54.2. The summed E-state index contributed by atoms with van der Waals surface area (Å²) in [7, 11) is 1.92. The molecule has 0 spiro atoms. The first kappa shape index (κ1) is 38.3. The molecule has 0 amide bonds.